The van der Waals surface area contributed by atoms with Crippen molar-refractivity contribution in [2.45, 2.75) is 0 Å². The minimum atomic E-state index is 0. The first-order chi connectivity index (χ1) is 0. The monoisotopic (exact) mass is 355 g/mol. The summed E-state index contributed by atoms with van der Waals surface area (Å²) in [6, 6.07) is 0. The molecule has 0 fully saturated rings. The van der Waals surface area contributed by atoms with Gasteiger partial charge in [-0.1, -0.05) is 0 Å². The predicted octanol–water partition coefficient (Wildman–Crippen LogP) is -11.2. The fourth-order valence-corrected chi connectivity index (χ4v) is 0. The molecule has 0 amide bonds. The van der Waals surface area contributed by atoms with Gasteiger partial charge in [0, 0.05) is 0 Å². The Morgan fingerprint density at radius 1 is 0.250 bits per heavy atom. The molecule has 0 aliphatic rings. The third-order valence-corrected chi connectivity index (χ3v) is 0. The van der Waals surface area contributed by atoms with E-state index in [4.69, 9.17) is 0 Å². The summed E-state index contributed by atoms with van der Waals surface area (Å²) < 4.78 is 0. The van der Waals surface area contributed by atoms with Crippen molar-refractivity contribution in [1.29, 1.82) is 0 Å². The largest absolute Gasteiger partial charge is 3.00 e. The van der Waals surface area contributed by atoms with Crippen LogP contribution in [0.4, 0.5) is 0 Å². The molecule has 10 nitrogen and oxygen atoms in total. The molecule has 0 aromatic carbocycles. The van der Waals surface area contributed by atoms with E-state index in [0.29, 0.717) is 0 Å². The van der Waals surface area contributed by atoms with Gasteiger partial charge in [-0.25, -0.2) is 0 Å². The molecule has 0 bridgehead atoms. The molecular weight excluding hydrogens is 336 g/mol. The van der Waals surface area contributed by atoms with Crippen LogP contribution in [0, 0.1) is 41.7 Å². The average molecular weight is 356 g/mol. The standard InChI is InChI=1S/Ce.ClH.10H2O/h;1H;10*1H2/q+3;;;;;;;;;;;/p-1. The maximum Gasteiger partial charge on any atom is 3.00 e. The van der Waals surface area contributed by atoms with Crippen molar-refractivity contribution in [3.8, 4) is 0 Å². The quantitative estimate of drug-likeness (QED) is 0.390. The molecule has 12 heavy (non-hydrogen) atoms. The van der Waals surface area contributed by atoms with Crippen molar-refractivity contribution >= 4 is 0 Å². The van der Waals surface area contributed by atoms with Crippen LogP contribution in [-0.2, 0) is 0 Å². The third-order valence-electron chi connectivity index (χ3n) is 0. The SMILES string of the molecule is O.O.O.O.O.O.O.O.O.O.[Ce+3].[Cl-]. The fourth-order valence-electron chi connectivity index (χ4n) is 0. The third kappa shape index (κ3) is 740. The summed E-state index contributed by atoms with van der Waals surface area (Å²) in [5.74, 6) is 0. The summed E-state index contributed by atoms with van der Waals surface area (Å²) in [4.78, 5) is 0. The van der Waals surface area contributed by atoms with Gasteiger partial charge < -0.3 is 67.2 Å². The van der Waals surface area contributed by atoms with Gasteiger partial charge in [0.05, 0.1) is 0 Å². The number of hydrogen-bond acceptors (Lipinski definition) is 0. The zero-order chi connectivity index (χ0) is 0. The van der Waals surface area contributed by atoms with Gasteiger partial charge >= 0.3 is 41.7 Å². The van der Waals surface area contributed by atoms with Crippen molar-refractivity contribution in [3.05, 3.63) is 0 Å². The summed E-state index contributed by atoms with van der Waals surface area (Å²) in [6.07, 6.45) is 0. The van der Waals surface area contributed by atoms with Crippen LogP contribution in [0.15, 0.2) is 0 Å². The Bertz CT molecular complexity index is 9.80. The summed E-state index contributed by atoms with van der Waals surface area (Å²) in [5.41, 5.74) is 0. The maximum absolute atomic E-state index is 0. The van der Waals surface area contributed by atoms with Crippen molar-refractivity contribution in [1.82, 2.24) is 0 Å². The Morgan fingerprint density at radius 2 is 0.250 bits per heavy atom. The maximum atomic E-state index is 0. The Kier molecular flexibility index (Phi) is 101000. The topological polar surface area (TPSA) is 315 Å². The van der Waals surface area contributed by atoms with Crippen LogP contribution in [0.25, 0.3) is 0 Å². The molecule has 0 aliphatic carbocycles. The fraction of sp³-hybridized carbons (Fsp3) is 0. The van der Waals surface area contributed by atoms with E-state index in [2.05, 4.69) is 0 Å². The van der Waals surface area contributed by atoms with Gasteiger partial charge in [-0.05, 0) is 0 Å². The molecule has 0 aromatic rings. The Balaban J connectivity index is 0. The first kappa shape index (κ1) is 1240. The second kappa shape index (κ2) is 971. The molecule has 0 saturated carbocycles. The van der Waals surface area contributed by atoms with Crippen molar-refractivity contribution < 1.29 is 109 Å². The van der Waals surface area contributed by atoms with Gasteiger partial charge in [0.25, 0.3) is 0 Å². The van der Waals surface area contributed by atoms with Crippen molar-refractivity contribution in [2.75, 3.05) is 0 Å². The Labute approximate surface area is 108 Å². The zero-order valence-corrected chi connectivity index (χ0v) is 9.77. The first-order valence-electron chi connectivity index (χ1n) is 0. The average Bonchev–Trinajstić information content (AvgIpc) is 0. The second-order valence-electron chi connectivity index (χ2n) is 0. The smallest absolute Gasteiger partial charge is 1.00 e. The van der Waals surface area contributed by atoms with Crippen molar-refractivity contribution in [2.24, 2.45) is 0 Å². The van der Waals surface area contributed by atoms with E-state index < -0.39 is 0 Å². The molecule has 0 aromatic heterocycles. The van der Waals surface area contributed by atoms with E-state index in [9.17, 15) is 0 Å². The number of halogens is 1. The molecule has 89 valence electrons. The molecule has 12 heteroatoms. The van der Waals surface area contributed by atoms with Crippen LogP contribution in [0.1, 0.15) is 0 Å². The minimum Gasteiger partial charge on any atom is -1.00 e. The number of rotatable bonds is 0. The molecular formula is H20CeClO10+2. The van der Waals surface area contributed by atoms with Crippen LogP contribution < -0.4 is 12.4 Å². The van der Waals surface area contributed by atoms with Gasteiger partial charge in [-0.3, -0.25) is 0 Å². The molecule has 20 N–H and O–H groups in total. The normalized spacial score (nSPS) is 0. The predicted molar refractivity (Wildman–Crippen MR) is 36.1 cm³/mol. The van der Waals surface area contributed by atoms with E-state index in [0.717, 1.165) is 0 Å². The Morgan fingerprint density at radius 3 is 0.250 bits per heavy atom. The molecule has 1 radical (unpaired) electrons. The number of hydrogen-bond donors (Lipinski definition) is 0. The summed E-state index contributed by atoms with van der Waals surface area (Å²) >= 11 is 0. The van der Waals surface area contributed by atoms with Gasteiger partial charge in [0.1, 0.15) is 0 Å². The van der Waals surface area contributed by atoms with E-state index in [1.54, 1.807) is 0 Å². The molecule has 0 atom stereocenters. The van der Waals surface area contributed by atoms with Crippen LogP contribution in [0.2, 0.25) is 0 Å². The van der Waals surface area contributed by atoms with Crippen LogP contribution in [-0.4, -0.2) is 54.8 Å². The molecule has 0 aliphatic heterocycles. The summed E-state index contributed by atoms with van der Waals surface area (Å²) in [7, 11) is 0. The molecule has 0 rings (SSSR count). The van der Waals surface area contributed by atoms with Gasteiger partial charge in [-0.15, -0.1) is 0 Å². The van der Waals surface area contributed by atoms with Gasteiger partial charge in [-0.2, -0.15) is 0 Å². The van der Waals surface area contributed by atoms with Gasteiger partial charge in [0.15, 0.2) is 0 Å². The van der Waals surface area contributed by atoms with E-state index in [1.807, 2.05) is 0 Å². The molecule has 0 spiro atoms. The van der Waals surface area contributed by atoms with Crippen molar-refractivity contribution in [3.63, 3.8) is 0 Å². The molecule has 0 unspecified atom stereocenters. The zero-order valence-electron chi connectivity index (χ0n) is 5.88. The van der Waals surface area contributed by atoms with Crippen LogP contribution in [0.5, 0.6) is 0 Å². The minimum absolute atomic E-state index is 0. The molecule has 0 saturated heterocycles. The Hall–Kier alpha value is 1.27. The van der Waals surface area contributed by atoms with Gasteiger partial charge in [0.2, 0.25) is 0 Å². The second-order valence-corrected chi connectivity index (χ2v) is 0. The first-order valence-corrected chi connectivity index (χ1v) is 0. The summed E-state index contributed by atoms with van der Waals surface area (Å²) in [6.45, 7) is 0. The van der Waals surface area contributed by atoms with E-state index in [-0.39, 0.29) is 109 Å². The van der Waals surface area contributed by atoms with Crippen LogP contribution >= 0.6 is 0 Å². The van der Waals surface area contributed by atoms with E-state index in [1.165, 1.54) is 0 Å². The van der Waals surface area contributed by atoms with Crippen LogP contribution in [0.3, 0.4) is 0 Å². The molecule has 0 heterocycles. The van der Waals surface area contributed by atoms with E-state index >= 15 is 0 Å². The summed E-state index contributed by atoms with van der Waals surface area (Å²) in [5, 5.41) is 0.